The second-order valence-electron chi connectivity index (χ2n) is 13.0. The van der Waals surface area contributed by atoms with E-state index >= 15 is 0 Å². The van der Waals surface area contributed by atoms with Crippen LogP contribution in [0.15, 0.2) is 109 Å². The summed E-state index contributed by atoms with van der Waals surface area (Å²) in [6.45, 7) is 4.90. The Bertz CT molecular complexity index is 1770. The Hall–Kier alpha value is -4.87. The third-order valence-corrected chi connectivity index (χ3v) is 9.59. The number of rotatable bonds is 11. The number of ether oxygens (including phenoxy) is 3. The lowest BCUT2D eigenvalue weighted by Crippen LogP contribution is -2.44. The van der Waals surface area contributed by atoms with Crippen LogP contribution in [0, 0.1) is 5.92 Å². The summed E-state index contributed by atoms with van der Waals surface area (Å²) in [5.41, 5.74) is 4.78. The highest BCUT2D eigenvalue weighted by molar-refractivity contribution is 6.22. The lowest BCUT2D eigenvalue weighted by atomic mass is 9.89. The third kappa shape index (κ3) is 7.95. The first-order valence-corrected chi connectivity index (χ1v) is 16.9. The van der Waals surface area contributed by atoms with E-state index in [1.165, 1.54) is 5.56 Å². The molecule has 2 saturated heterocycles. The number of benzene rings is 4. The van der Waals surface area contributed by atoms with Crippen molar-refractivity contribution in [2.24, 2.45) is 5.92 Å². The maximum Gasteiger partial charge on any atom is 0.408 e. The highest BCUT2D eigenvalue weighted by atomic mass is 16.7. The predicted molar refractivity (Wildman–Crippen MR) is 188 cm³/mol. The topological polar surface area (TPSA) is 118 Å². The monoisotopic (exact) mass is 677 g/mol. The summed E-state index contributed by atoms with van der Waals surface area (Å²) in [5, 5.41) is 12.2. The Morgan fingerprint density at radius 2 is 1.62 bits per heavy atom. The van der Waals surface area contributed by atoms with Crippen LogP contribution in [0.1, 0.15) is 66.5 Å². The summed E-state index contributed by atoms with van der Waals surface area (Å²) in [4.78, 5) is 42.5. The molecule has 2 aliphatic rings. The Balaban J connectivity index is 1.20. The molecule has 4 aromatic rings. The number of carbonyl (C=O) groups is 3. The van der Waals surface area contributed by atoms with Gasteiger partial charge in [-0.1, -0.05) is 104 Å². The van der Waals surface area contributed by atoms with Gasteiger partial charge in [-0.25, -0.2) is 9.69 Å². The van der Waals surface area contributed by atoms with Crippen molar-refractivity contribution < 1.29 is 33.7 Å². The zero-order valence-electron chi connectivity index (χ0n) is 28.5. The van der Waals surface area contributed by atoms with Gasteiger partial charge in [0.05, 0.1) is 30.9 Å². The van der Waals surface area contributed by atoms with Gasteiger partial charge in [-0.2, -0.15) is 0 Å². The number of hydrogen-bond acceptors (Lipinski definition) is 8. The number of nitrogens with zero attached hydrogens (tertiary/aromatic N) is 2. The molecule has 0 aromatic heterocycles. The lowest BCUT2D eigenvalue weighted by Gasteiger charge is -2.43. The van der Waals surface area contributed by atoms with Gasteiger partial charge >= 0.3 is 6.09 Å². The van der Waals surface area contributed by atoms with Gasteiger partial charge < -0.3 is 24.6 Å². The van der Waals surface area contributed by atoms with E-state index in [-0.39, 0.29) is 43.8 Å². The second kappa shape index (κ2) is 15.8. The fraction of sp³-hybridized carbons (Fsp3) is 0.325. The Morgan fingerprint density at radius 3 is 2.32 bits per heavy atom. The molecule has 2 heterocycles. The number of anilines is 1. The minimum Gasteiger partial charge on any atom is -0.445 e. The van der Waals surface area contributed by atoms with Gasteiger partial charge in [0, 0.05) is 24.1 Å². The van der Waals surface area contributed by atoms with Crippen LogP contribution in [-0.2, 0) is 37.0 Å². The number of carbonyl (C=O) groups excluding carboxylic acids is 3. The Kier molecular flexibility index (Phi) is 11.0. The number of aliphatic hydroxyl groups excluding tert-OH is 1. The van der Waals surface area contributed by atoms with Crippen LogP contribution in [-0.4, -0.2) is 53.7 Å². The van der Waals surface area contributed by atoms with Gasteiger partial charge in [0.15, 0.2) is 6.29 Å². The van der Waals surface area contributed by atoms with Crippen molar-refractivity contribution in [3.8, 4) is 0 Å². The first kappa shape index (κ1) is 35.0. The number of alkyl carbamates (subject to hydrolysis) is 1. The van der Waals surface area contributed by atoms with Crippen LogP contribution >= 0.6 is 0 Å². The van der Waals surface area contributed by atoms with E-state index in [0.717, 1.165) is 21.6 Å². The van der Waals surface area contributed by atoms with Crippen LogP contribution in [0.3, 0.4) is 0 Å². The molecule has 0 aliphatic carbocycles. The average molecular weight is 678 g/mol. The van der Waals surface area contributed by atoms with Gasteiger partial charge in [-0.3, -0.25) is 14.5 Å². The standard InChI is InChI=1S/C40H43N3O7/c1-26-35(23-42(3)27(2)30-13-8-5-9-14-30)49-39(50-37(26)31-19-17-28(24-44)18-20-31)32-15-10-16-33(21-32)43-36(45)22-34(38(43)46)41-40(47)48-25-29-11-6-4-7-12-29/h4-21,26-27,34-35,37,39,44H,22-25H2,1-3H3,(H,41,47). The lowest BCUT2D eigenvalue weighted by molar-refractivity contribution is -0.276. The molecule has 2 fully saturated rings. The summed E-state index contributed by atoms with van der Waals surface area (Å²) in [6, 6.07) is 33.3. The van der Waals surface area contributed by atoms with Gasteiger partial charge in [0.2, 0.25) is 5.91 Å². The van der Waals surface area contributed by atoms with Gasteiger partial charge in [-0.15, -0.1) is 0 Å². The van der Waals surface area contributed by atoms with E-state index < -0.39 is 30.2 Å². The number of aliphatic hydroxyl groups is 1. The van der Waals surface area contributed by atoms with Gasteiger partial charge in [-0.05, 0) is 48.4 Å². The van der Waals surface area contributed by atoms with Crippen molar-refractivity contribution in [2.45, 2.75) is 64.1 Å². The molecular weight excluding hydrogens is 634 g/mol. The zero-order chi connectivity index (χ0) is 35.2. The summed E-state index contributed by atoms with van der Waals surface area (Å²) in [5.74, 6) is -1.01. The van der Waals surface area contributed by atoms with Crippen molar-refractivity contribution in [1.29, 1.82) is 0 Å². The Morgan fingerprint density at radius 1 is 0.920 bits per heavy atom. The second-order valence-corrected chi connectivity index (χ2v) is 13.0. The molecule has 260 valence electrons. The van der Waals surface area contributed by atoms with E-state index in [1.54, 1.807) is 18.2 Å². The van der Waals surface area contributed by atoms with Crippen molar-refractivity contribution in [3.05, 3.63) is 137 Å². The molecule has 0 spiro atoms. The van der Waals surface area contributed by atoms with Crippen LogP contribution in [0.5, 0.6) is 0 Å². The molecule has 0 bridgehead atoms. The van der Waals surface area contributed by atoms with E-state index in [1.807, 2.05) is 78.9 Å². The first-order chi connectivity index (χ1) is 24.2. The molecule has 10 nitrogen and oxygen atoms in total. The van der Waals surface area contributed by atoms with Crippen LogP contribution in [0.25, 0.3) is 0 Å². The normalized spacial score (nSPS) is 22.8. The molecule has 0 saturated carbocycles. The molecule has 2 N–H and O–H groups in total. The summed E-state index contributed by atoms with van der Waals surface area (Å²) >= 11 is 0. The molecule has 3 amide bonds. The molecular formula is C40H43N3O7. The highest BCUT2D eigenvalue weighted by Crippen LogP contribution is 2.43. The van der Waals surface area contributed by atoms with Crippen molar-refractivity contribution in [1.82, 2.24) is 10.2 Å². The summed E-state index contributed by atoms with van der Waals surface area (Å²) < 4.78 is 18.6. The van der Waals surface area contributed by atoms with Crippen LogP contribution in [0.4, 0.5) is 10.5 Å². The van der Waals surface area contributed by atoms with Crippen LogP contribution in [0.2, 0.25) is 0 Å². The molecule has 0 radical (unpaired) electrons. The van der Waals surface area contributed by atoms with Gasteiger partial charge in [0.1, 0.15) is 12.6 Å². The first-order valence-electron chi connectivity index (χ1n) is 16.9. The number of hydrogen-bond donors (Lipinski definition) is 2. The third-order valence-electron chi connectivity index (χ3n) is 9.59. The number of amides is 3. The molecule has 50 heavy (non-hydrogen) atoms. The largest absolute Gasteiger partial charge is 0.445 e. The fourth-order valence-corrected chi connectivity index (χ4v) is 6.49. The van der Waals surface area contributed by atoms with E-state index in [4.69, 9.17) is 14.2 Å². The van der Waals surface area contributed by atoms with Crippen molar-refractivity contribution in [3.63, 3.8) is 0 Å². The highest BCUT2D eigenvalue weighted by Gasteiger charge is 2.42. The number of nitrogens with one attached hydrogen (secondary N) is 1. The summed E-state index contributed by atoms with van der Waals surface area (Å²) in [6.07, 6.45) is -2.32. The maximum atomic E-state index is 13.4. The molecule has 6 unspecified atom stereocenters. The van der Waals surface area contributed by atoms with Crippen molar-refractivity contribution >= 4 is 23.6 Å². The minimum absolute atomic E-state index is 0.0324. The number of likely N-dealkylation sites (N-methyl/N-ethyl adjacent to an activating group) is 1. The molecule has 10 heteroatoms. The van der Waals surface area contributed by atoms with Crippen LogP contribution < -0.4 is 10.2 Å². The quantitative estimate of drug-likeness (QED) is 0.180. The fourth-order valence-electron chi connectivity index (χ4n) is 6.49. The van der Waals surface area contributed by atoms with Gasteiger partial charge in [0.25, 0.3) is 5.91 Å². The molecule has 2 aliphatic heterocycles. The predicted octanol–water partition coefficient (Wildman–Crippen LogP) is 6.22. The molecule has 6 rings (SSSR count). The van der Waals surface area contributed by atoms with E-state index in [0.29, 0.717) is 17.8 Å². The SMILES string of the molecule is CC1C(CN(C)C(C)c2ccccc2)OC(c2cccc(N3C(=O)CC(NC(=O)OCc4ccccc4)C3=O)c2)OC1c1ccc(CO)cc1. The molecule has 6 atom stereocenters. The average Bonchev–Trinajstić information content (AvgIpc) is 3.43. The van der Waals surface area contributed by atoms with E-state index in [9.17, 15) is 19.5 Å². The maximum absolute atomic E-state index is 13.4. The minimum atomic E-state index is -1.05. The number of imide groups is 1. The zero-order valence-corrected chi connectivity index (χ0v) is 28.5. The smallest absolute Gasteiger partial charge is 0.408 e. The molecule has 4 aromatic carbocycles. The Labute approximate surface area is 292 Å². The summed E-state index contributed by atoms with van der Waals surface area (Å²) in [7, 11) is 2.08. The van der Waals surface area contributed by atoms with Crippen molar-refractivity contribution in [2.75, 3.05) is 18.5 Å². The van der Waals surface area contributed by atoms with E-state index in [2.05, 4.69) is 43.2 Å².